The van der Waals surface area contributed by atoms with Crippen molar-refractivity contribution in [1.82, 2.24) is 10.3 Å². The van der Waals surface area contributed by atoms with Crippen LogP contribution in [-0.2, 0) is 9.59 Å². The molecule has 1 unspecified atom stereocenters. The second-order valence-electron chi connectivity index (χ2n) is 6.71. The summed E-state index contributed by atoms with van der Waals surface area (Å²) in [6.07, 6.45) is 3.10. The lowest BCUT2D eigenvalue weighted by molar-refractivity contribution is -0.123. The number of aromatic nitrogens is 1. The van der Waals surface area contributed by atoms with Gasteiger partial charge in [-0.05, 0) is 37.6 Å². The van der Waals surface area contributed by atoms with E-state index in [1.54, 1.807) is 20.1 Å². The van der Waals surface area contributed by atoms with E-state index in [2.05, 4.69) is 15.6 Å². The summed E-state index contributed by atoms with van der Waals surface area (Å²) >= 11 is 1.32. The molecule has 3 aromatic rings. The largest absolute Gasteiger partial charge is 0.496 e. The van der Waals surface area contributed by atoms with E-state index in [-0.39, 0.29) is 11.8 Å². The molecule has 0 radical (unpaired) electrons. The van der Waals surface area contributed by atoms with Crippen molar-refractivity contribution >= 4 is 34.4 Å². The quantitative estimate of drug-likeness (QED) is 0.558. The SMILES string of the molecule is COc1ccc(C)cc1-c1csc(NC(=O)C(C)NC(=O)C=Cc2ccccc2)n1. The van der Waals surface area contributed by atoms with Crippen LogP contribution in [0.2, 0.25) is 0 Å². The van der Waals surface area contributed by atoms with Crippen LogP contribution in [0, 0.1) is 6.92 Å². The number of nitrogens with zero attached hydrogens (tertiary/aromatic N) is 1. The smallest absolute Gasteiger partial charge is 0.248 e. The van der Waals surface area contributed by atoms with Gasteiger partial charge < -0.3 is 15.4 Å². The highest BCUT2D eigenvalue weighted by Crippen LogP contribution is 2.32. The first-order valence-corrected chi connectivity index (χ1v) is 10.3. The van der Waals surface area contributed by atoms with Crippen molar-refractivity contribution in [2.45, 2.75) is 19.9 Å². The van der Waals surface area contributed by atoms with Crippen molar-refractivity contribution < 1.29 is 14.3 Å². The molecule has 0 fully saturated rings. The number of nitrogens with one attached hydrogen (secondary N) is 2. The number of thiazole rings is 1. The minimum atomic E-state index is -0.709. The molecule has 2 amide bonds. The third kappa shape index (κ3) is 5.55. The zero-order valence-corrected chi connectivity index (χ0v) is 17.8. The van der Waals surface area contributed by atoms with E-state index in [1.807, 2.05) is 60.8 Å². The highest BCUT2D eigenvalue weighted by atomic mass is 32.1. The highest BCUT2D eigenvalue weighted by molar-refractivity contribution is 7.14. The number of aryl methyl sites for hydroxylation is 1. The standard InChI is InChI=1S/C23H23N3O3S/c1-15-9-11-20(29-3)18(13-15)19-14-30-23(25-19)26-22(28)16(2)24-21(27)12-10-17-7-5-4-6-8-17/h4-14,16H,1-3H3,(H,24,27)(H,25,26,28). The Labute approximate surface area is 179 Å². The fourth-order valence-electron chi connectivity index (χ4n) is 2.75. The number of carbonyl (C=O) groups is 2. The van der Waals surface area contributed by atoms with Gasteiger partial charge in [-0.1, -0.05) is 42.0 Å². The first kappa shape index (κ1) is 21.3. The molecular formula is C23H23N3O3S. The fraction of sp³-hybridized carbons (Fsp3) is 0.174. The summed E-state index contributed by atoms with van der Waals surface area (Å²) in [5.74, 6) is 0.0361. The maximum atomic E-state index is 12.4. The molecular weight excluding hydrogens is 398 g/mol. The summed E-state index contributed by atoms with van der Waals surface area (Å²) < 4.78 is 5.41. The fourth-order valence-corrected chi connectivity index (χ4v) is 3.47. The van der Waals surface area contributed by atoms with Crippen LogP contribution in [-0.4, -0.2) is 29.9 Å². The van der Waals surface area contributed by atoms with Crippen molar-refractivity contribution in [3.8, 4) is 17.0 Å². The Hall–Kier alpha value is -3.45. The molecule has 6 nitrogen and oxygen atoms in total. The van der Waals surface area contributed by atoms with E-state index in [0.29, 0.717) is 5.13 Å². The lowest BCUT2D eigenvalue weighted by atomic mass is 10.1. The van der Waals surface area contributed by atoms with E-state index < -0.39 is 6.04 Å². The van der Waals surface area contributed by atoms with Crippen molar-refractivity contribution in [3.05, 3.63) is 71.1 Å². The van der Waals surface area contributed by atoms with Crippen LogP contribution in [0.4, 0.5) is 5.13 Å². The molecule has 0 spiro atoms. The van der Waals surface area contributed by atoms with E-state index in [9.17, 15) is 9.59 Å². The average Bonchev–Trinajstić information content (AvgIpc) is 3.21. The number of amides is 2. The summed E-state index contributed by atoms with van der Waals surface area (Å²) in [7, 11) is 1.61. The van der Waals surface area contributed by atoms with Crippen LogP contribution in [0.5, 0.6) is 5.75 Å². The Kier molecular flexibility index (Phi) is 6.98. The lowest BCUT2D eigenvalue weighted by Crippen LogP contribution is -2.40. The van der Waals surface area contributed by atoms with Gasteiger partial charge in [0.05, 0.1) is 12.8 Å². The van der Waals surface area contributed by atoms with Gasteiger partial charge in [0.15, 0.2) is 5.13 Å². The van der Waals surface area contributed by atoms with Gasteiger partial charge in [-0.3, -0.25) is 9.59 Å². The normalized spacial score (nSPS) is 11.8. The van der Waals surface area contributed by atoms with Gasteiger partial charge in [-0.2, -0.15) is 0 Å². The van der Waals surface area contributed by atoms with Gasteiger partial charge in [0.1, 0.15) is 11.8 Å². The van der Waals surface area contributed by atoms with Crippen molar-refractivity contribution in [2.24, 2.45) is 0 Å². The molecule has 0 aliphatic heterocycles. The second-order valence-corrected chi connectivity index (χ2v) is 7.56. The molecule has 1 atom stereocenters. The minimum Gasteiger partial charge on any atom is -0.496 e. The molecule has 0 aliphatic rings. The van der Waals surface area contributed by atoms with Crippen LogP contribution in [0.3, 0.4) is 0 Å². The van der Waals surface area contributed by atoms with E-state index in [4.69, 9.17) is 4.74 Å². The van der Waals surface area contributed by atoms with Gasteiger partial charge in [0.2, 0.25) is 11.8 Å². The Morgan fingerprint density at radius 2 is 1.93 bits per heavy atom. The van der Waals surface area contributed by atoms with Gasteiger partial charge in [0, 0.05) is 17.0 Å². The number of benzene rings is 2. The van der Waals surface area contributed by atoms with Crippen LogP contribution in [0.25, 0.3) is 17.3 Å². The summed E-state index contributed by atoms with van der Waals surface area (Å²) in [5.41, 5.74) is 3.58. The first-order chi connectivity index (χ1) is 14.5. The molecule has 0 saturated carbocycles. The maximum Gasteiger partial charge on any atom is 0.248 e. The van der Waals surface area contributed by atoms with E-state index in [1.165, 1.54) is 17.4 Å². The third-order valence-electron chi connectivity index (χ3n) is 4.34. The number of hydrogen-bond acceptors (Lipinski definition) is 5. The van der Waals surface area contributed by atoms with Crippen molar-refractivity contribution in [3.63, 3.8) is 0 Å². The number of carbonyl (C=O) groups excluding carboxylic acids is 2. The molecule has 1 aromatic heterocycles. The molecule has 0 aliphatic carbocycles. The lowest BCUT2D eigenvalue weighted by Gasteiger charge is -2.11. The second kappa shape index (κ2) is 9.84. The van der Waals surface area contributed by atoms with Crippen LogP contribution >= 0.6 is 11.3 Å². The van der Waals surface area contributed by atoms with Crippen LogP contribution < -0.4 is 15.4 Å². The third-order valence-corrected chi connectivity index (χ3v) is 5.10. The Morgan fingerprint density at radius 3 is 2.67 bits per heavy atom. The molecule has 30 heavy (non-hydrogen) atoms. The van der Waals surface area contributed by atoms with Crippen LogP contribution in [0.1, 0.15) is 18.1 Å². The van der Waals surface area contributed by atoms with Crippen molar-refractivity contribution in [1.29, 1.82) is 0 Å². The molecule has 3 rings (SSSR count). The Balaban J connectivity index is 1.60. The van der Waals surface area contributed by atoms with Crippen molar-refractivity contribution in [2.75, 3.05) is 12.4 Å². The van der Waals surface area contributed by atoms with Gasteiger partial charge in [-0.15, -0.1) is 11.3 Å². The maximum absolute atomic E-state index is 12.4. The Bertz CT molecular complexity index is 1060. The topological polar surface area (TPSA) is 80.3 Å². The molecule has 2 aromatic carbocycles. The monoisotopic (exact) mass is 421 g/mol. The average molecular weight is 422 g/mol. The van der Waals surface area contributed by atoms with E-state index >= 15 is 0 Å². The molecule has 1 heterocycles. The summed E-state index contributed by atoms with van der Waals surface area (Å²) in [5, 5.41) is 7.72. The minimum absolute atomic E-state index is 0.339. The Morgan fingerprint density at radius 1 is 1.17 bits per heavy atom. The number of rotatable bonds is 7. The molecule has 0 saturated heterocycles. The zero-order valence-electron chi connectivity index (χ0n) is 17.0. The number of hydrogen-bond donors (Lipinski definition) is 2. The van der Waals surface area contributed by atoms with E-state index in [0.717, 1.165) is 28.1 Å². The summed E-state index contributed by atoms with van der Waals surface area (Å²) in [6.45, 7) is 3.62. The van der Waals surface area contributed by atoms with Gasteiger partial charge in [-0.25, -0.2) is 4.98 Å². The van der Waals surface area contributed by atoms with Gasteiger partial charge in [0.25, 0.3) is 0 Å². The zero-order chi connectivity index (χ0) is 21.5. The van der Waals surface area contributed by atoms with Crippen LogP contribution in [0.15, 0.2) is 60.0 Å². The number of ether oxygens (including phenoxy) is 1. The predicted molar refractivity (Wildman–Crippen MR) is 121 cm³/mol. The first-order valence-electron chi connectivity index (χ1n) is 9.41. The molecule has 154 valence electrons. The number of methoxy groups -OCH3 is 1. The summed E-state index contributed by atoms with van der Waals surface area (Å²) in [6, 6.07) is 14.6. The summed E-state index contributed by atoms with van der Waals surface area (Å²) in [4.78, 5) is 29.0. The molecule has 2 N–H and O–H groups in total. The van der Waals surface area contributed by atoms with Gasteiger partial charge >= 0.3 is 0 Å². The molecule has 0 bridgehead atoms. The predicted octanol–water partition coefficient (Wildman–Crippen LogP) is 4.28. The highest BCUT2D eigenvalue weighted by Gasteiger charge is 2.17. The molecule has 7 heteroatoms. The number of anilines is 1.